The molecule has 354 valence electrons. The summed E-state index contributed by atoms with van der Waals surface area (Å²) in [5.74, 6) is -0.334. The first-order valence-electron chi connectivity index (χ1n) is 26.9. The van der Waals surface area contributed by atoms with Gasteiger partial charge >= 0.3 is 11.9 Å². The van der Waals surface area contributed by atoms with Crippen LogP contribution in [0.4, 0.5) is 0 Å². The van der Waals surface area contributed by atoms with E-state index in [0.29, 0.717) is 19.4 Å². The minimum Gasteiger partial charge on any atom is -0.463 e. The van der Waals surface area contributed by atoms with Crippen molar-refractivity contribution in [2.45, 2.75) is 297 Å². The Labute approximate surface area is 375 Å². The van der Waals surface area contributed by atoms with E-state index in [1.165, 1.54) is 212 Å². The van der Waals surface area contributed by atoms with Crippen LogP contribution in [0.5, 0.6) is 0 Å². The maximum Gasteiger partial charge on any atom is 0.305 e. The zero-order valence-corrected chi connectivity index (χ0v) is 40.7. The SMILES string of the molecule is CCCCCC/C=C\CCCCCCCCCC(=O)OC[C@H](COC(=O)CCCCCCC/C=C\CCCCCC)OCCCCCCCCCCCCCCCCCC. The lowest BCUT2D eigenvalue weighted by molar-refractivity contribution is -0.155. The second-order valence-electron chi connectivity index (χ2n) is 18.1. The Morgan fingerprint density at radius 1 is 0.333 bits per heavy atom. The van der Waals surface area contributed by atoms with Gasteiger partial charge in [0, 0.05) is 19.4 Å². The fourth-order valence-corrected chi connectivity index (χ4v) is 7.89. The third-order valence-corrected chi connectivity index (χ3v) is 12.0. The highest BCUT2D eigenvalue weighted by Gasteiger charge is 2.16. The molecule has 60 heavy (non-hydrogen) atoms. The lowest BCUT2D eigenvalue weighted by atomic mass is 10.0. The monoisotopic (exact) mass is 845 g/mol. The zero-order valence-electron chi connectivity index (χ0n) is 40.7. The van der Waals surface area contributed by atoms with E-state index in [-0.39, 0.29) is 25.2 Å². The highest BCUT2D eigenvalue weighted by Crippen LogP contribution is 2.16. The number of esters is 2. The summed E-state index contributed by atoms with van der Waals surface area (Å²) in [6.45, 7) is 7.74. The lowest BCUT2D eigenvalue weighted by Gasteiger charge is -2.18. The molecule has 0 unspecified atom stereocenters. The zero-order chi connectivity index (χ0) is 43.5. The van der Waals surface area contributed by atoms with Crippen molar-refractivity contribution in [1.29, 1.82) is 0 Å². The van der Waals surface area contributed by atoms with E-state index in [9.17, 15) is 9.59 Å². The van der Waals surface area contributed by atoms with Gasteiger partial charge in [-0.2, -0.15) is 0 Å². The number of carbonyl (C=O) groups excluding carboxylic acids is 2. The smallest absolute Gasteiger partial charge is 0.305 e. The Balaban J connectivity index is 4.23. The van der Waals surface area contributed by atoms with Gasteiger partial charge in [-0.05, 0) is 70.6 Å². The van der Waals surface area contributed by atoms with Gasteiger partial charge in [-0.1, -0.05) is 231 Å². The van der Waals surface area contributed by atoms with Gasteiger partial charge in [0.2, 0.25) is 0 Å². The number of carbonyl (C=O) groups is 2. The van der Waals surface area contributed by atoms with Crippen molar-refractivity contribution >= 4 is 11.9 Å². The molecule has 0 aromatic carbocycles. The summed E-state index contributed by atoms with van der Waals surface area (Å²) in [4.78, 5) is 25.2. The van der Waals surface area contributed by atoms with E-state index in [0.717, 1.165) is 44.9 Å². The van der Waals surface area contributed by atoms with Crippen LogP contribution in [0.15, 0.2) is 24.3 Å². The molecule has 5 heteroatoms. The quantitative estimate of drug-likeness (QED) is 0.0347. The first-order valence-corrected chi connectivity index (χ1v) is 26.9. The van der Waals surface area contributed by atoms with Crippen LogP contribution >= 0.6 is 0 Å². The molecule has 0 spiro atoms. The first kappa shape index (κ1) is 58.4. The minimum absolute atomic E-state index is 0.157. The molecule has 0 aromatic heterocycles. The van der Waals surface area contributed by atoms with Gasteiger partial charge in [0.15, 0.2) is 0 Å². The molecule has 0 bridgehead atoms. The minimum atomic E-state index is -0.398. The highest BCUT2D eigenvalue weighted by atomic mass is 16.6. The third-order valence-electron chi connectivity index (χ3n) is 12.0. The number of ether oxygens (including phenoxy) is 3. The molecule has 0 heterocycles. The standard InChI is InChI=1S/C55H104O5/c1-4-7-10-13-16-19-22-25-27-29-32-35-38-41-44-47-50-58-53(51-59-54(56)48-45-42-39-36-33-30-24-21-18-15-12-9-6-3)52-60-55(57)49-46-43-40-37-34-31-28-26-23-20-17-14-11-8-5-2/h20-21,23-24,53H,4-19,22,25-52H2,1-3H3/b23-20-,24-21-/t53-/m0/s1. The van der Waals surface area contributed by atoms with Crippen LogP contribution in [-0.2, 0) is 23.8 Å². The van der Waals surface area contributed by atoms with Crippen molar-refractivity contribution in [3.63, 3.8) is 0 Å². The second kappa shape index (κ2) is 51.7. The molecule has 5 nitrogen and oxygen atoms in total. The van der Waals surface area contributed by atoms with Crippen LogP contribution in [0.25, 0.3) is 0 Å². The molecule has 0 aromatic rings. The Kier molecular flexibility index (Phi) is 50.3. The van der Waals surface area contributed by atoms with Gasteiger partial charge in [-0.15, -0.1) is 0 Å². The number of hydrogen-bond donors (Lipinski definition) is 0. The molecule has 0 saturated carbocycles. The molecule has 0 aliphatic heterocycles. The van der Waals surface area contributed by atoms with Crippen molar-refractivity contribution in [3.05, 3.63) is 24.3 Å². The number of rotatable bonds is 50. The Morgan fingerprint density at radius 2 is 0.583 bits per heavy atom. The average Bonchev–Trinajstić information content (AvgIpc) is 3.25. The molecule has 0 amide bonds. The summed E-state index contributed by atoms with van der Waals surface area (Å²) in [5, 5.41) is 0. The molecule has 0 radical (unpaired) electrons. The van der Waals surface area contributed by atoms with Crippen molar-refractivity contribution in [1.82, 2.24) is 0 Å². The largest absolute Gasteiger partial charge is 0.463 e. The van der Waals surface area contributed by atoms with Crippen LogP contribution in [0.1, 0.15) is 290 Å². The van der Waals surface area contributed by atoms with E-state index < -0.39 is 6.10 Å². The van der Waals surface area contributed by atoms with Crippen molar-refractivity contribution in [2.75, 3.05) is 19.8 Å². The van der Waals surface area contributed by atoms with E-state index in [1.807, 2.05) is 0 Å². The van der Waals surface area contributed by atoms with Gasteiger partial charge in [-0.25, -0.2) is 0 Å². The predicted molar refractivity (Wildman–Crippen MR) is 261 cm³/mol. The van der Waals surface area contributed by atoms with Crippen LogP contribution in [0.2, 0.25) is 0 Å². The Bertz CT molecular complexity index is 913. The van der Waals surface area contributed by atoms with Crippen LogP contribution in [0.3, 0.4) is 0 Å². The summed E-state index contributed by atoms with van der Waals surface area (Å²) in [7, 11) is 0. The van der Waals surface area contributed by atoms with Gasteiger partial charge < -0.3 is 14.2 Å². The normalized spacial score (nSPS) is 12.2. The van der Waals surface area contributed by atoms with Crippen LogP contribution in [-0.4, -0.2) is 37.9 Å². The van der Waals surface area contributed by atoms with Gasteiger partial charge in [0.1, 0.15) is 19.3 Å². The Morgan fingerprint density at radius 3 is 0.900 bits per heavy atom. The predicted octanol–water partition coefficient (Wildman–Crippen LogP) is 18.0. The van der Waals surface area contributed by atoms with Crippen LogP contribution in [0, 0.1) is 0 Å². The summed E-state index contributed by atoms with van der Waals surface area (Å²) >= 11 is 0. The summed E-state index contributed by atoms with van der Waals surface area (Å²) in [6, 6.07) is 0. The molecule has 0 saturated heterocycles. The first-order chi connectivity index (χ1) is 29.6. The van der Waals surface area contributed by atoms with Gasteiger partial charge in [-0.3, -0.25) is 9.59 Å². The molecular formula is C55H104O5. The number of allylic oxidation sites excluding steroid dienone is 4. The van der Waals surface area contributed by atoms with Crippen LogP contribution < -0.4 is 0 Å². The van der Waals surface area contributed by atoms with E-state index >= 15 is 0 Å². The molecule has 0 N–H and O–H groups in total. The summed E-state index contributed by atoms with van der Waals surface area (Å²) in [6.07, 6.45) is 60.6. The molecular weight excluding hydrogens is 741 g/mol. The molecule has 0 aliphatic carbocycles. The average molecular weight is 845 g/mol. The van der Waals surface area contributed by atoms with Crippen molar-refractivity contribution in [2.24, 2.45) is 0 Å². The Hall–Kier alpha value is -1.62. The molecule has 0 aliphatic rings. The fourth-order valence-electron chi connectivity index (χ4n) is 7.89. The summed E-state index contributed by atoms with van der Waals surface area (Å²) in [5.41, 5.74) is 0. The highest BCUT2D eigenvalue weighted by molar-refractivity contribution is 5.69. The third kappa shape index (κ3) is 49.0. The van der Waals surface area contributed by atoms with Crippen molar-refractivity contribution < 1.29 is 23.8 Å². The fraction of sp³-hybridized carbons (Fsp3) is 0.891. The second-order valence-corrected chi connectivity index (χ2v) is 18.1. The number of unbranched alkanes of at least 4 members (excludes halogenated alkanes) is 35. The lowest BCUT2D eigenvalue weighted by Crippen LogP contribution is -2.29. The molecule has 0 rings (SSSR count). The maximum atomic E-state index is 12.6. The molecule has 1 atom stereocenters. The van der Waals surface area contributed by atoms with E-state index in [1.54, 1.807) is 0 Å². The van der Waals surface area contributed by atoms with Crippen molar-refractivity contribution in [3.8, 4) is 0 Å². The van der Waals surface area contributed by atoms with Gasteiger partial charge in [0.25, 0.3) is 0 Å². The van der Waals surface area contributed by atoms with Gasteiger partial charge in [0.05, 0.1) is 0 Å². The van der Waals surface area contributed by atoms with E-state index in [2.05, 4.69) is 45.1 Å². The number of hydrogen-bond acceptors (Lipinski definition) is 5. The maximum absolute atomic E-state index is 12.6. The summed E-state index contributed by atoms with van der Waals surface area (Å²) < 4.78 is 17.5. The topological polar surface area (TPSA) is 61.8 Å². The molecule has 0 fully saturated rings. The van der Waals surface area contributed by atoms with E-state index in [4.69, 9.17) is 14.2 Å².